The minimum absolute atomic E-state index is 0.0858. The number of rotatable bonds is 6. The van der Waals surface area contributed by atoms with E-state index in [1.165, 1.54) is 19.2 Å². The highest BCUT2D eigenvalue weighted by Gasteiger charge is 2.23. The molecule has 1 amide bonds. The van der Waals surface area contributed by atoms with Gasteiger partial charge in [-0.3, -0.25) is 4.79 Å². The van der Waals surface area contributed by atoms with Crippen LogP contribution in [-0.4, -0.2) is 65.2 Å². The van der Waals surface area contributed by atoms with Gasteiger partial charge in [0.15, 0.2) is 0 Å². The van der Waals surface area contributed by atoms with E-state index in [1.807, 2.05) is 6.92 Å². The largest absolute Gasteiger partial charge is 0.383 e. The lowest BCUT2D eigenvalue weighted by Crippen LogP contribution is -2.51. The summed E-state index contributed by atoms with van der Waals surface area (Å²) in [4.78, 5) is 14.4. The van der Waals surface area contributed by atoms with Crippen LogP contribution in [0.5, 0.6) is 0 Å². The number of hydrogen-bond acceptors (Lipinski definition) is 5. The second-order valence-electron chi connectivity index (χ2n) is 5.52. The van der Waals surface area contributed by atoms with E-state index in [0.29, 0.717) is 18.7 Å². The first-order valence-electron chi connectivity index (χ1n) is 7.55. The summed E-state index contributed by atoms with van der Waals surface area (Å²) in [6.45, 7) is 4.46. The van der Waals surface area contributed by atoms with Crippen molar-refractivity contribution in [2.24, 2.45) is 0 Å². The molecule has 2 N–H and O–H groups in total. The summed E-state index contributed by atoms with van der Waals surface area (Å²) in [5.41, 5.74) is 0.383. The number of carbonyl (C=O) groups excluding carboxylic acids is 1. The average Bonchev–Trinajstić information content (AvgIpc) is 2.54. The number of methoxy groups -OCH3 is 1. The maximum atomic E-state index is 12.5. The second-order valence-corrected chi connectivity index (χ2v) is 7.29. The van der Waals surface area contributed by atoms with Crippen molar-refractivity contribution < 1.29 is 17.9 Å². The summed E-state index contributed by atoms with van der Waals surface area (Å²) in [5.74, 6) is -0.146. The van der Waals surface area contributed by atoms with Gasteiger partial charge < -0.3 is 15.0 Å². The van der Waals surface area contributed by atoms with Gasteiger partial charge in [0.25, 0.3) is 5.91 Å². The topological polar surface area (TPSA) is 87.7 Å². The third kappa shape index (κ3) is 4.74. The molecule has 1 aromatic carbocycles. The monoisotopic (exact) mass is 341 g/mol. The van der Waals surface area contributed by atoms with Crippen LogP contribution in [0.1, 0.15) is 17.3 Å². The Morgan fingerprint density at radius 2 is 2.26 bits per heavy atom. The van der Waals surface area contributed by atoms with Crippen LogP contribution in [0.4, 0.5) is 0 Å². The third-order valence-corrected chi connectivity index (χ3v) is 5.10. The molecule has 1 unspecified atom stereocenters. The highest BCUT2D eigenvalue weighted by atomic mass is 32.2. The molecule has 0 radical (unpaired) electrons. The standard InChI is InChI=1S/C15H23N3O4S/c1-12-11-18(8-6-16-12)15(19)13-4-3-5-14(10-13)23(20,21)17-7-9-22-2/h3-5,10,12,16-17H,6-9,11H2,1-2H3. The lowest BCUT2D eigenvalue weighted by molar-refractivity contribution is 0.0709. The predicted octanol–water partition coefficient (Wildman–Crippen LogP) is 0.0452. The van der Waals surface area contributed by atoms with Gasteiger partial charge in [-0.05, 0) is 25.1 Å². The van der Waals surface area contributed by atoms with Gasteiger partial charge in [0.1, 0.15) is 0 Å². The fraction of sp³-hybridized carbons (Fsp3) is 0.533. The van der Waals surface area contributed by atoms with Crippen LogP contribution in [0, 0.1) is 0 Å². The molecule has 23 heavy (non-hydrogen) atoms. The zero-order valence-electron chi connectivity index (χ0n) is 13.4. The Kier molecular flexibility index (Phi) is 6.11. The van der Waals surface area contributed by atoms with Gasteiger partial charge in [-0.15, -0.1) is 0 Å². The fourth-order valence-corrected chi connectivity index (χ4v) is 3.52. The molecule has 1 saturated heterocycles. The Morgan fingerprint density at radius 1 is 1.48 bits per heavy atom. The number of hydrogen-bond donors (Lipinski definition) is 2. The molecular weight excluding hydrogens is 318 g/mol. The molecule has 0 saturated carbocycles. The summed E-state index contributed by atoms with van der Waals surface area (Å²) < 4.78 is 31.7. The molecule has 1 aliphatic heterocycles. The van der Waals surface area contributed by atoms with Crippen LogP contribution >= 0.6 is 0 Å². The SMILES string of the molecule is COCCNS(=O)(=O)c1cccc(C(=O)N2CCNC(C)C2)c1. The molecule has 0 aromatic heterocycles. The van der Waals surface area contributed by atoms with Crippen LogP contribution in [0.15, 0.2) is 29.2 Å². The Morgan fingerprint density at radius 3 is 2.96 bits per heavy atom. The van der Waals surface area contributed by atoms with Crippen molar-refractivity contribution in [3.05, 3.63) is 29.8 Å². The molecule has 128 valence electrons. The summed E-state index contributed by atoms with van der Waals surface area (Å²) in [6.07, 6.45) is 0. The van der Waals surface area contributed by atoms with Crippen LogP contribution in [-0.2, 0) is 14.8 Å². The van der Waals surface area contributed by atoms with Crippen LogP contribution in [0.3, 0.4) is 0 Å². The van der Waals surface area contributed by atoms with Gasteiger partial charge in [-0.25, -0.2) is 13.1 Å². The fourth-order valence-electron chi connectivity index (χ4n) is 2.46. The van der Waals surface area contributed by atoms with E-state index in [1.54, 1.807) is 17.0 Å². The minimum atomic E-state index is -3.64. The molecule has 0 spiro atoms. The van der Waals surface area contributed by atoms with Crippen molar-refractivity contribution in [3.63, 3.8) is 0 Å². The Hall–Kier alpha value is -1.48. The van der Waals surface area contributed by atoms with E-state index in [-0.39, 0.29) is 30.0 Å². The molecule has 1 aromatic rings. The average molecular weight is 341 g/mol. The van der Waals surface area contributed by atoms with E-state index in [2.05, 4.69) is 10.0 Å². The Balaban J connectivity index is 2.14. The van der Waals surface area contributed by atoms with Crippen molar-refractivity contribution in [1.29, 1.82) is 0 Å². The number of benzene rings is 1. The molecule has 8 heteroatoms. The second kappa shape index (κ2) is 7.87. The quantitative estimate of drug-likeness (QED) is 0.714. The summed E-state index contributed by atoms with van der Waals surface area (Å²) in [5, 5.41) is 3.27. The summed E-state index contributed by atoms with van der Waals surface area (Å²) >= 11 is 0. The predicted molar refractivity (Wildman–Crippen MR) is 86.9 cm³/mol. The van der Waals surface area contributed by atoms with Crippen molar-refractivity contribution in [1.82, 2.24) is 14.9 Å². The summed E-state index contributed by atoms with van der Waals surface area (Å²) in [6, 6.07) is 6.36. The normalized spacial score (nSPS) is 18.9. The van der Waals surface area contributed by atoms with Gasteiger partial charge >= 0.3 is 0 Å². The summed E-state index contributed by atoms with van der Waals surface area (Å²) in [7, 11) is -2.14. The lowest BCUT2D eigenvalue weighted by Gasteiger charge is -2.32. The molecule has 1 fully saturated rings. The number of amides is 1. The van der Waals surface area contributed by atoms with Gasteiger partial charge in [-0.1, -0.05) is 6.07 Å². The van der Waals surface area contributed by atoms with Gasteiger partial charge in [0.2, 0.25) is 10.0 Å². The Bertz CT molecular complexity index is 648. The van der Waals surface area contributed by atoms with E-state index in [9.17, 15) is 13.2 Å². The molecule has 1 atom stereocenters. The lowest BCUT2D eigenvalue weighted by atomic mass is 10.1. The van der Waals surface area contributed by atoms with Gasteiger partial charge in [0, 0.05) is 44.9 Å². The molecule has 1 aliphatic rings. The zero-order valence-corrected chi connectivity index (χ0v) is 14.2. The van der Waals surface area contributed by atoms with Crippen LogP contribution < -0.4 is 10.0 Å². The van der Waals surface area contributed by atoms with Gasteiger partial charge in [0.05, 0.1) is 11.5 Å². The van der Waals surface area contributed by atoms with Gasteiger partial charge in [-0.2, -0.15) is 0 Å². The molecule has 0 bridgehead atoms. The Labute approximate surface area is 137 Å². The molecule has 7 nitrogen and oxygen atoms in total. The van der Waals surface area contributed by atoms with E-state index in [0.717, 1.165) is 6.54 Å². The molecule has 2 rings (SSSR count). The van der Waals surface area contributed by atoms with E-state index < -0.39 is 10.0 Å². The van der Waals surface area contributed by atoms with Crippen molar-refractivity contribution in [2.75, 3.05) is 39.9 Å². The third-order valence-electron chi connectivity index (χ3n) is 3.65. The minimum Gasteiger partial charge on any atom is -0.383 e. The smallest absolute Gasteiger partial charge is 0.253 e. The number of nitrogens with zero attached hydrogens (tertiary/aromatic N) is 1. The highest BCUT2D eigenvalue weighted by Crippen LogP contribution is 2.14. The first kappa shape index (κ1) is 17.9. The first-order valence-corrected chi connectivity index (χ1v) is 9.03. The molecule has 1 heterocycles. The zero-order chi connectivity index (χ0) is 16.9. The van der Waals surface area contributed by atoms with Crippen molar-refractivity contribution in [2.45, 2.75) is 17.9 Å². The number of ether oxygens (including phenoxy) is 1. The first-order chi connectivity index (χ1) is 10.9. The molecule has 0 aliphatic carbocycles. The van der Waals surface area contributed by atoms with E-state index in [4.69, 9.17) is 4.74 Å². The highest BCUT2D eigenvalue weighted by molar-refractivity contribution is 7.89. The molecular formula is C15H23N3O4S. The number of sulfonamides is 1. The van der Waals surface area contributed by atoms with Crippen molar-refractivity contribution in [3.8, 4) is 0 Å². The number of nitrogens with one attached hydrogen (secondary N) is 2. The maximum absolute atomic E-state index is 12.5. The van der Waals surface area contributed by atoms with Crippen LogP contribution in [0.2, 0.25) is 0 Å². The maximum Gasteiger partial charge on any atom is 0.253 e. The van der Waals surface area contributed by atoms with E-state index >= 15 is 0 Å². The van der Waals surface area contributed by atoms with Crippen LogP contribution in [0.25, 0.3) is 0 Å². The number of piperazine rings is 1. The number of carbonyl (C=O) groups is 1. The van der Waals surface area contributed by atoms with Crippen molar-refractivity contribution >= 4 is 15.9 Å².